The van der Waals surface area contributed by atoms with Gasteiger partial charge in [-0.2, -0.15) is 28.5 Å². The number of carboxylic acid groups (broad SMARTS) is 1. The van der Waals surface area contributed by atoms with E-state index >= 15 is 0 Å². The highest BCUT2D eigenvalue weighted by Gasteiger charge is 2.20. The van der Waals surface area contributed by atoms with Crippen LogP contribution in [0.4, 0.5) is 40.3 Å². The molecule has 1 amide bonds. The molecular formula is C39H29ClN8O7S. The summed E-state index contributed by atoms with van der Waals surface area (Å²) < 4.78 is 34.6. The number of hydrogen-bond donors (Lipinski definition) is 6. The highest BCUT2D eigenvalue weighted by Crippen LogP contribution is 2.40. The first-order valence-electron chi connectivity index (χ1n) is 16.6. The summed E-state index contributed by atoms with van der Waals surface area (Å²) in [4.78, 5) is 37.1. The molecule has 0 aliphatic heterocycles. The number of carbonyl (C=O) groups is 2. The van der Waals surface area contributed by atoms with Crippen LogP contribution in [-0.2, 0) is 10.1 Å². The van der Waals surface area contributed by atoms with Gasteiger partial charge in [0.1, 0.15) is 11.3 Å². The number of carbonyl (C=O) groups excluding carboxylic acids is 1. The molecule has 0 fully saturated rings. The fourth-order valence-corrected chi connectivity index (χ4v) is 6.56. The Morgan fingerprint density at radius 3 is 2.23 bits per heavy atom. The Labute approximate surface area is 323 Å². The highest BCUT2D eigenvalue weighted by atomic mass is 35.5. The van der Waals surface area contributed by atoms with Crippen LogP contribution in [0.25, 0.3) is 21.5 Å². The van der Waals surface area contributed by atoms with Gasteiger partial charge in [-0.15, -0.1) is 5.11 Å². The molecule has 0 bridgehead atoms. The van der Waals surface area contributed by atoms with Crippen molar-refractivity contribution in [2.24, 2.45) is 10.2 Å². The number of carboxylic acids is 1. The standard InChI is InChI=1S/C39H29ClN8O7S/c1-20-8-9-22-16-32(21(2)13-24(22)12-20)43-39-45-37(40)44-38(46-39)42-27-17-28(19-29(18-27)56(53,54)55)47-48-33-30-11-10-23(35(50)41-26-6-4-3-5-7-26)14-25(30)15-31(34(33)49)36(51)52/h3-19,49H,1-2H3,(H,41,50)(H,51,52)(H,53,54,55)(H2,42,43,44,45,46). The number of phenols is 1. The minimum absolute atomic E-state index is 0.0296. The van der Waals surface area contributed by atoms with Gasteiger partial charge in [0.15, 0.2) is 5.75 Å². The molecule has 0 spiro atoms. The number of rotatable bonds is 10. The third-order valence-corrected chi connectivity index (χ3v) is 9.51. The van der Waals surface area contributed by atoms with Crippen molar-refractivity contribution in [1.29, 1.82) is 0 Å². The van der Waals surface area contributed by atoms with Gasteiger partial charge in [-0.25, -0.2) is 4.79 Å². The van der Waals surface area contributed by atoms with Gasteiger partial charge >= 0.3 is 5.97 Å². The predicted octanol–water partition coefficient (Wildman–Crippen LogP) is 9.25. The zero-order chi connectivity index (χ0) is 39.7. The van der Waals surface area contributed by atoms with Crippen LogP contribution in [0.15, 0.2) is 118 Å². The minimum atomic E-state index is -4.80. The number of halogens is 1. The Morgan fingerprint density at radius 2 is 1.50 bits per heavy atom. The topological polar surface area (TPSA) is 228 Å². The Bertz CT molecular complexity index is 2870. The van der Waals surface area contributed by atoms with Gasteiger partial charge in [-0.1, -0.05) is 48.0 Å². The van der Waals surface area contributed by atoms with Gasteiger partial charge < -0.3 is 26.2 Å². The van der Waals surface area contributed by atoms with Crippen LogP contribution in [0, 0.1) is 13.8 Å². The molecular weight excluding hydrogens is 760 g/mol. The fourth-order valence-electron chi connectivity index (χ4n) is 5.85. The molecule has 7 aromatic rings. The van der Waals surface area contributed by atoms with Crippen LogP contribution in [-0.4, -0.2) is 50.0 Å². The molecule has 280 valence electrons. The van der Waals surface area contributed by atoms with E-state index in [2.05, 4.69) is 47.2 Å². The van der Waals surface area contributed by atoms with Gasteiger partial charge in [0.2, 0.25) is 17.2 Å². The molecule has 1 heterocycles. The Balaban J connectivity index is 1.22. The molecule has 15 nitrogen and oxygen atoms in total. The van der Waals surface area contributed by atoms with Crippen molar-refractivity contribution in [2.75, 3.05) is 16.0 Å². The number of para-hydroxylation sites is 1. The molecule has 7 rings (SSSR count). The maximum Gasteiger partial charge on any atom is 0.339 e. The first-order valence-corrected chi connectivity index (χ1v) is 18.4. The summed E-state index contributed by atoms with van der Waals surface area (Å²) in [7, 11) is -4.80. The summed E-state index contributed by atoms with van der Waals surface area (Å²) in [6.45, 7) is 3.94. The smallest absolute Gasteiger partial charge is 0.339 e. The molecule has 0 radical (unpaired) electrons. The molecule has 6 N–H and O–H groups in total. The normalized spacial score (nSPS) is 11.6. The number of fused-ring (bicyclic) bond motifs is 2. The fraction of sp³-hybridized carbons (Fsp3) is 0.0513. The van der Waals surface area contributed by atoms with E-state index in [-0.39, 0.29) is 50.6 Å². The molecule has 0 saturated heterocycles. The van der Waals surface area contributed by atoms with E-state index in [9.17, 15) is 32.8 Å². The van der Waals surface area contributed by atoms with E-state index in [0.717, 1.165) is 34.0 Å². The SMILES string of the molecule is Cc1ccc2cc(Nc3nc(Cl)nc(Nc4cc(N=Nc5c(O)c(C(=O)O)cc6cc(C(=O)Nc7ccccc7)ccc56)cc(S(=O)(=O)O)c4)n3)c(C)cc2c1. The lowest BCUT2D eigenvalue weighted by molar-refractivity contribution is 0.0693. The van der Waals surface area contributed by atoms with Crippen LogP contribution in [0.3, 0.4) is 0 Å². The van der Waals surface area contributed by atoms with Gasteiger partial charge in [-0.05, 0) is 108 Å². The maximum atomic E-state index is 13.0. The summed E-state index contributed by atoms with van der Waals surface area (Å²) in [6.07, 6.45) is 0. The van der Waals surface area contributed by atoms with Crippen molar-refractivity contribution in [1.82, 2.24) is 15.0 Å². The second-order valence-electron chi connectivity index (χ2n) is 12.6. The summed E-state index contributed by atoms with van der Waals surface area (Å²) in [5.74, 6) is -2.68. The number of hydrogen-bond acceptors (Lipinski definition) is 12. The van der Waals surface area contributed by atoms with E-state index in [1.807, 2.05) is 38.1 Å². The maximum absolute atomic E-state index is 13.0. The Hall–Kier alpha value is -7.01. The Kier molecular flexibility index (Phi) is 10.0. The number of azo groups is 1. The number of amides is 1. The van der Waals surface area contributed by atoms with Crippen molar-refractivity contribution >= 4 is 95.5 Å². The molecule has 6 aromatic carbocycles. The molecule has 1 aromatic heterocycles. The average molecular weight is 789 g/mol. The summed E-state index contributed by atoms with van der Waals surface area (Å²) in [6, 6.07) is 27.7. The van der Waals surface area contributed by atoms with Gasteiger partial charge in [-0.3, -0.25) is 9.35 Å². The summed E-state index contributed by atoms with van der Waals surface area (Å²) in [5, 5.41) is 40.1. The Morgan fingerprint density at radius 1 is 0.750 bits per heavy atom. The third-order valence-electron chi connectivity index (χ3n) is 8.51. The molecule has 0 unspecified atom stereocenters. The summed E-state index contributed by atoms with van der Waals surface area (Å²) >= 11 is 6.25. The number of anilines is 5. The largest absolute Gasteiger partial charge is 0.505 e. The number of nitrogens with zero attached hydrogens (tertiary/aromatic N) is 5. The first-order chi connectivity index (χ1) is 26.7. The van der Waals surface area contributed by atoms with E-state index in [1.165, 1.54) is 30.3 Å². The molecule has 0 aliphatic rings. The van der Waals surface area contributed by atoms with Gasteiger partial charge in [0.25, 0.3) is 16.0 Å². The quantitative estimate of drug-likeness (QED) is 0.0563. The van der Waals surface area contributed by atoms with Crippen LogP contribution in [0.5, 0.6) is 5.75 Å². The summed E-state index contributed by atoms with van der Waals surface area (Å²) in [5.41, 5.74) is 2.57. The second kappa shape index (κ2) is 15.0. The lowest BCUT2D eigenvalue weighted by Crippen LogP contribution is -2.11. The molecule has 17 heteroatoms. The van der Waals surface area contributed by atoms with Crippen LogP contribution < -0.4 is 16.0 Å². The highest BCUT2D eigenvalue weighted by molar-refractivity contribution is 7.85. The molecule has 56 heavy (non-hydrogen) atoms. The number of aryl methyl sites for hydroxylation is 2. The molecule has 0 aliphatic carbocycles. The van der Waals surface area contributed by atoms with E-state index in [1.54, 1.807) is 30.3 Å². The number of benzene rings is 6. The zero-order valence-corrected chi connectivity index (χ0v) is 30.9. The van der Waals surface area contributed by atoms with Crippen molar-refractivity contribution in [3.63, 3.8) is 0 Å². The van der Waals surface area contributed by atoms with Crippen molar-refractivity contribution in [3.05, 3.63) is 131 Å². The van der Waals surface area contributed by atoms with Crippen molar-refractivity contribution in [3.8, 4) is 5.75 Å². The number of aromatic hydroxyl groups is 1. The predicted molar refractivity (Wildman–Crippen MR) is 212 cm³/mol. The van der Waals surface area contributed by atoms with E-state index in [4.69, 9.17) is 11.6 Å². The second-order valence-corrected chi connectivity index (χ2v) is 14.4. The van der Waals surface area contributed by atoms with Gasteiger partial charge in [0.05, 0.1) is 10.6 Å². The monoisotopic (exact) mass is 788 g/mol. The molecule has 0 saturated carbocycles. The number of aromatic nitrogens is 3. The molecule has 0 atom stereocenters. The first kappa shape index (κ1) is 37.3. The zero-order valence-electron chi connectivity index (χ0n) is 29.3. The number of aromatic carboxylic acids is 1. The lowest BCUT2D eigenvalue weighted by Gasteiger charge is -2.12. The van der Waals surface area contributed by atoms with E-state index < -0.39 is 38.2 Å². The van der Waals surface area contributed by atoms with Crippen molar-refractivity contribution < 1.29 is 32.8 Å². The van der Waals surface area contributed by atoms with E-state index in [0.29, 0.717) is 11.4 Å². The van der Waals surface area contributed by atoms with Crippen LogP contribution in [0.2, 0.25) is 5.28 Å². The lowest BCUT2D eigenvalue weighted by atomic mass is 10.0. The number of nitrogens with one attached hydrogen (secondary N) is 3. The van der Waals surface area contributed by atoms with Gasteiger partial charge in [0, 0.05) is 28.0 Å². The van der Waals surface area contributed by atoms with Crippen LogP contribution in [0.1, 0.15) is 31.8 Å². The van der Waals surface area contributed by atoms with Crippen molar-refractivity contribution in [2.45, 2.75) is 18.7 Å². The minimum Gasteiger partial charge on any atom is -0.505 e. The third kappa shape index (κ3) is 8.22. The average Bonchev–Trinajstić information content (AvgIpc) is 3.14. The van der Waals surface area contributed by atoms with Crippen LogP contribution >= 0.6 is 11.6 Å².